The van der Waals surface area contributed by atoms with E-state index in [0.717, 1.165) is 26.0 Å². The van der Waals surface area contributed by atoms with Gasteiger partial charge in [-0.3, -0.25) is 0 Å². The maximum absolute atomic E-state index is 9.31. The molecule has 3 nitrogen and oxygen atoms in total. The van der Waals surface area contributed by atoms with Crippen molar-refractivity contribution in [2.24, 2.45) is 0 Å². The first-order chi connectivity index (χ1) is 5.81. The van der Waals surface area contributed by atoms with Crippen molar-refractivity contribution < 1.29 is 9.84 Å². The summed E-state index contributed by atoms with van der Waals surface area (Å²) in [5.41, 5.74) is 0. The molecule has 0 fully saturated rings. The molecule has 1 unspecified atom stereocenters. The lowest BCUT2D eigenvalue weighted by atomic mass is 10.3. The van der Waals surface area contributed by atoms with E-state index in [-0.39, 0.29) is 6.10 Å². The molecule has 0 saturated heterocycles. The van der Waals surface area contributed by atoms with Gasteiger partial charge in [-0.1, -0.05) is 13.8 Å². The van der Waals surface area contributed by atoms with Crippen LogP contribution in [0.1, 0.15) is 26.7 Å². The summed E-state index contributed by atoms with van der Waals surface area (Å²) in [6, 6.07) is 0. The predicted octanol–water partition coefficient (Wildman–Crippen LogP) is 0.773. The Morgan fingerprint density at radius 2 is 2.08 bits per heavy atom. The second kappa shape index (κ2) is 8.97. The highest BCUT2D eigenvalue weighted by atomic mass is 16.5. The Hall–Kier alpha value is -0.120. The number of nitrogens with one attached hydrogen (secondary N) is 1. The summed E-state index contributed by atoms with van der Waals surface area (Å²) >= 11 is 0. The van der Waals surface area contributed by atoms with Crippen LogP contribution in [-0.2, 0) is 4.74 Å². The first-order valence-electron chi connectivity index (χ1n) is 4.77. The van der Waals surface area contributed by atoms with Crippen molar-refractivity contribution in [2.45, 2.75) is 32.8 Å². The summed E-state index contributed by atoms with van der Waals surface area (Å²) in [6.07, 6.45) is 1.75. The molecule has 3 heteroatoms. The molecular formula is C9H21NO2. The van der Waals surface area contributed by atoms with E-state index in [1.54, 1.807) is 0 Å². The summed E-state index contributed by atoms with van der Waals surface area (Å²) in [7, 11) is 0. The van der Waals surface area contributed by atoms with E-state index >= 15 is 0 Å². The average Bonchev–Trinajstić information content (AvgIpc) is 2.06. The molecule has 0 aromatic rings. The van der Waals surface area contributed by atoms with E-state index in [2.05, 4.69) is 19.2 Å². The minimum absolute atomic E-state index is 0.358. The lowest BCUT2D eigenvalue weighted by Crippen LogP contribution is -2.30. The summed E-state index contributed by atoms with van der Waals surface area (Å²) < 4.78 is 5.19. The fraction of sp³-hybridized carbons (Fsp3) is 1.00. The molecule has 0 rings (SSSR count). The van der Waals surface area contributed by atoms with Crippen molar-refractivity contribution in [3.8, 4) is 0 Å². The summed E-state index contributed by atoms with van der Waals surface area (Å²) in [6.45, 7) is 6.95. The number of ether oxygens (including phenoxy) is 1. The largest absolute Gasteiger partial charge is 0.389 e. The number of rotatable bonds is 8. The van der Waals surface area contributed by atoms with Crippen LogP contribution >= 0.6 is 0 Å². The van der Waals surface area contributed by atoms with Gasteiger partial charge in [0.25, 0.3) is 0 Å². The van der Waals surface area contributed by atoms with Crippen molar-refractivity contribution in [1.82, 2.24) is 5.32 Å². The Balaban J connectivity index is 3.04. The van der Waals surface area contributed by atoms with Gasteiger partial charge in [0.15, 0.2) is 0 Å². The normalized spacial score (nSPS) is 13.2. The molecule has 1 atom stereocenters. The molecule has 0 spiro atoms. The van der Waals surface area contributed by atoms with Gasteiger partial charge < -0.3 is 15.2 Å². The maximum atomic E-state index is 9.31. The molecule has 0 aliphatic carbocycles. The lowest BCUT2D eigenvalue weighted by molar-refractivity contribution is 0.0375. The fourth-order valence-electron chi connectivity index (χ4n) is 0.868. The lowest BCUT2D eigenvalue weighted by Gasteiger charge is -2.11. The molecule has 0 amide bonds. The van der Waals surface area contributed by atoms with Gasteiger partial charge >= 0.3 is 0 Å². The third-order valence-corrected chi connectivity index (χ3v) is 1.47. The zero-order chi connectivity index (χ0) is 9.23. The topological polar surface area (TPSA) is 41.5 Å². The molecule has 0 aromatic heterocycles. The van der Waals surface area contributed by atoms with Gasteiger partial charge in [-0.25, -0.2) is 0 Å². The van der Waals surface area contributed by atoms with Crippen LogP contribution in [0.2, 0.25) is 0 Å². The van der Waals surface area contributed by atoms with Crippen LogP contribution in [0, 0.1) is 0 Å². The van der Waals surface area contributed by atoms with Gasteiger partial charge in [-0.05, 0) is 19.4 Å². The molecule has 0 radical (unpaired) electrons. The zero-order valence-electron chi connectivity index (χ0n) is 8.18. The Kier molecular flexibility index (Phi) is 8.88. The highest BCUT2D eigenvalue weighted by Gasteiger charge is 2.01. The van der Waals surface area contributed by atoms with Crippen LogP contribution in [-0.4, -0.2) is 37.5 Å². The van der Waals surface area contributed by atoms with Crippen LogP contribution < -0.4 is 5.32 Å². The van der Waals surface area contributed by atoms with Crippen molar-refractivity contribution in [2.75, 3.05) is 26.3 Å². The van der Waals surface area contributed by atoms with Crippen molar-refractivity contribution in [1.29, 1.82) is 0 Å². The minimum Gasteiger partial charge on any atom is -0.389 e. The SMILES string of the molecule is CCCNCC(O)COCCC. The average molecular weight is 175 g/mol. The van der Waals surface area contributed by atoms with Crippen molar-refractivity contribution >= 4 is 0 Å². The fourth-order valence-corrected chi connectivity index (χ4v) is 0.868. The quantitative estimate of drug-likeness (QED) is 0.535. The molecule has 0 heterocycles. The van der Waals surface area contributed by atoms with Crippen LogP contribution in [0.5, 0.6) is 0 Å². The van der Waals surface area contributed by atoms with E-state index < -0.39 is 0 Å². The monoisotopic (exact) mass is 175 g/mol. The van der Waals surface area contributed by atoms with Crippen molar-refractivity contribution in [3.05, 3.63) is 0 Å². The number of aliphatic hydroxyl groups is 1. The summed E-state index contributed by atoms with van der Waals surface area (Å²) in [5.74, 6) is 0. The van der Waals surface area contributed by atoms with Crippen LogP contribution in [0.4, 0.5) is 0 Å². The van der Waals surface area contributed by atoms with E-state index in [4.69, 9.17) is 4.74 Å². The number of hydrogen-bond acceptors (Lipinski definition) is 3. The highest BCUT2D eigenvalue weighted by Crippen LogP contribution is 1.86. The summed E-state index contributed by atoms with van der Waals surface area (Å²) in [4.78, 5) is 0. The summed E-state index contributed by atoms with van der Waals surface area (Å²) in [5, 5.41) is 12.4. The Labute approximate surface area is 75.1 Å². The third-order valence-electron chi connectivity index (χ3n) is 1.47. The molecular weight excluding hydrogens is 154 g/mol. The van der Waals surface area contributed by atoms with E-state index in [9.17, 15) is 5.11 Å². The van der Waals surface area contributed by atoms with Gasteiger partial charge in [0.1, 0.15) is 0 Å². The molecule has 0 aliphatic rings. The van der Waals surface area contributed by atoms with Gasteiger partial charge in [-0.2, -0.15) is 0 Å². The second-order valence-corrected chi connectivity index (χ2v) is 2.93. The van der Waals surface area contributed by atoms with Gasteiger partial charge in [0.2, 0.25) is 0 Å². The second-order valence-electron chi connectivity index (χ2n) is 2.93. The number of hydrogen-bond donors (Lipinski definition) is 2. The van der Waals surface area contributed by atoms with Gasteiger partial charge in [-0.15, -0.1) is 0 Å². The molecule has 0 aromatic carbocycles. The molecule has 2 N–H and O–H groups in total. The smallest absolute Gasteiger partial charge is 0.0897 e. The predicted molar refractivity (Wildman–Crippen MR) is 50.3 cm³/mol. The highest BCUT2D eigenvalue weighted by molar-refractivity contribution is 4.57. The molecule has 0 aliphatic heterocycles. The van der Waals surface area contributed by atoms with Gasteiger partial charge in [0, 0.05) is 13.2 Å². The Morgan fingerprint density at radius 1 is 1.33 bits per heavy atom. The zero-order valence-corrected chi connectivity index (χ0v) is 8.18. The standard InChI is InChI=1S/C9H21NO2/c1-3-5-10-7-9(11)8-12-6-4-2/h9-11H,3-8H2,1-2H3. The molecule has 0 bridgehead atoms. The van der Waals surface area contributed by atoms with Crippen LogP contribution in [0.25, 0.3) is 0 Å². The van der Waals surface area contributed by atoms with E-state index in [1.807, 2.05) is 0 Å². The van der Waals surface area contributed by atoms with E-state index in [0.29, 0.717) is 13.2 Å². The van der Waals surface area contributed by atoms with E-state index in [1.165, 1.54) is 0 Å². The number of aliphatic hydroxyl groups excluding tert-OH is 1. The van der Waals surface area contributed by atoms with Crippen LogP contribution in [0.3, 0.4) is 0 Å². The first kappa shape index (κ1) is 11.9. The molecule has 74 valence electrons. The van der Waals surface area contributed by atoms with Crippen LogP contribution in [0.15, 0.2) is 0 Å². The van der Waals surface area contributed by atoms with Gasteiger partial charge in [0.05, 0.1) is 12.7 Å². The maximum Gasteiger partial charge on any atom is 0.0897 e. The Bertz CT molecular complexity index is 78.6. The molecule has 0 saturated carbocycles. The third kappa shape index (κ3) is 7.98. The minimum atomic E-state index is -0.358. The first-order valence-corrected chi connectivity index (χ1v) is 4.77. The Morgan fingerprint density at radius 3 is 2.67 bits per heavy atom. The van der Waals surface area contributed by atoms with Crippen molar-refractivity contribution in [3.63, 3.8) is 0 Å². The molecule has 12 heavy (non-hydrogen) atoms.